The zero-order valence-electron chi connectivity index (χ0n) is 10.7. The Hall–Kier alpha value is -1.35. The molecule has 2 aliphatic rings. The fourth-order valence-corrected chi connectivity index (χ4v) is 3.00. The van der Waals surface area contributed by atoms with Crippen LogP contribution >= 0.6 is 0 Å². The van der Waals surface area contributed by atoms with Gasteiger partial charge in [0, 0.05) is 13.1 Å². The molecule has 1 saturated heterocycles. The largest absolute Gasteiger partial charge is 0.341 e. The Bertz CT molecular complexity index is 411. The predicted molar refractivity (Wildman–Crippen MR) is 71.5 cm³/mol. The van der Waals surface area contributed by atoms with E-state index in [0.29, 0.717) is 5.91 Å². The van der Waals surface area contributed by atoms with Crippen LogP contribution < -0.4 is 5.32 Å². The Kier molecular flexibility index (Phi) is 3.33. The van der Waals surface area contributed by atoms with Gasteiger partial charge >= 0.3 is 0 Å². The summed E-state index contributed by atoms with van der Waals surface area (Å²) in [5.41, 5.74) is 2.82. The van der Waals surface area contributed by atoms with Gasteiger partial charge in [0.25, 0.3) is 0 Å². The van der Waals surface area contributed by atoms with Gasteiger partial charge in [0.1, 0.15) is 0 Å². The summed E-state index contributed by atoms with van der Waals surface area (Å²) in [5.74, 6) is 0.306. The minimum atomic E-state index is 0.0752. The molecule has 3 heteroatoms. The maximum atomic E-state index is 12.4. The minimum absolute atomic E-state index is 0.0752. The lowest BCUT2D eigenvalue weighted by Gasteiger charge is -2.23. The molecule has 2 aliphatic heterocycles. The van der Waals surface area contributed by atoms with Gasteiger partial charge in [0.05, 0.1) is 6.04 Å². The van der Waals surface area contributed by atoms with Crippen LogP contribution in [0, 0.1) is 0 Å². The van der Waals surface area contributed by atoms with Crippen molar-refractivity contribution in [3.05, 3.63) is 35.4 Å². The molecule has 0 radical (unpaired) electrons. The van der Waals surface area contributed by atoms with Gasteiger partial charge < -0.3 is 10.2 Å². The first-order valence-corrected chi connectivity index (χ1v) is 6.93. The number of hydrogen-bond donors (Lipinski definition) is 1. The second-order valence-corrected chi connectivity index (χ2v) is 5.24. The van der Waals surface area contributed by atoms with E-state index in [2.05, 4.69) is 29.6 Å². The van der Waals surface area contributed by atoms with Crippen LogP contribution in [0.1, 0.15) is 24.0 Å². The van der Waals surface area contributed by atoms with Gasteiger partial charge in [-0.1, -0.05) is 24.3 Å². The quantitative estimate of drug-likeness (QED) is 0.809. The van der Waals surface area contributed by atoms with Crippen molar-refractivity contribution in [2.75, 3.05) is 19.6 Å². The molecule has 1 aromatic rings. The van der Waals surface area contributed by atoms with Crippen molar-refractivity contribution in [2.45, 2.75) is 31.7 Å². The highest BCUT2D eigenvalue weighted by Gasteiger charge is 2.27. The standard InChI is InChI=1S/C15H20N2O/c18-15(14-6-3-9-16-14)17-10-7-12-4-1-2-5-13(12)8-11-17/h1-2,4-5,14,16H,3,6-11H2/t14-/m0/s1. The molecule has 1 amide bonds. The number of amides is 1. The van der Waals surface area contributed by atoms with Gasteiger partial charge in [-0.25, -0.2) is 0 Å². The summed E-state index contributed by atoms with van der Waals surface area (Å²) >= 11 is 0. The molecule has 1 atom stereocenters. The lowest BCUT2D eigenvalue weighted by atomic mass is 10.0. The van der Waals surface area contributed by atoms with Crippen LogP contribution in [0.5, 0.6) is 0 Å². The maximum Gasteiger partial charge on any atom is 0.239 e. The molecule has 18 heavy (non-hydrogen) atoms. The number of rotatable bonds is 1. The third kappa shape index (κ3) is 2.27. The van der Waals surface area contributed by atoms with Crippen molar-refractivity contribution in [1.29, 1.82) is 0 Å². The van der Waals surface area contributed by atoms with Gasteiger partial charge in [0.2, 0.25) is 5.91 Å². The molecule has 3 nitrogen and oxygen atoms in total. The summed E-state index contributed by atoms with van der Waals surface area (Å²) < 4.78 is 0. The highest BCUT2D eigenvalue weighted by Crippen LogP contribution is 2.17. The zero-order chi connectivity index (χ0) is 12.4. The monoisotopic (exact) mass is 244 g/mol. The summed E-state index contributed by atoms with van der Waals surface area (Å²) in [5, 5.41) is 3.30. The van der Waals surface area contributed by atoms with Crippen LogP contribution in [-0.2, 0) is 17.6 Å². The Morgan fingerprint density at radius 3 is 2.39 bits per heavy atom. The Morgan fingerprint density at radius 2 is 1.83 bits per heavy atom. The van der Waals surface area contributed by atoms with Gasteiger partial charge in [-0.2, -0.15) is 0 Å². The van der Waals surface area contributed by atoms with E-state index in [4.69, 9.17) is 0 Å². The van der Waals surface area contributed by atoms with Crippen LogP contribution in [0.3, 0.4) is 0 Å². The highest BCUT2D eigenvalue weighted by molar-refractivity contribution is 5.82. The van der Waals surface area contributed by atoms with Crippen molar-refractivity contribution < 1.29 is 4.79 Å². The van der Waals surface area contributed by atoms with Crippen LogP contribution in [0.4, 0.5) is 0 Å². The average Bonchev–Trinajstić information content (AvgIpc) is 2.85. The summed E-state index contributed by atoms with van der Waals surface area (Å²) in [7, 11) is 0. The van der Waals surface area contributed by atoms with Crippen LogP contribution in [-0.4, -0.2) is 36.5 Å². The second kappa shape index (κ2) is 5.11. The van der Waals surface area contributed by atoms with Crippen molar-refractivity contribution in [2.24, 2.45) is 0 Å². The topological polar surface area (TPSA) is 32.3 Å². The molecule has 96 valence electrons. The van der Waals surface area contributed by atoms with Crippen LogP contribution in [0.25, 0.3) is 0 Å². The molecule has 3 rings (SSSR count). The van der Waals surface area contributed by atoms with Gasteiger partial charge in [-0.3, -0.25) is 4.79 Å². The minimum Gasteiger partial charge on any atom is -0.341 e. The lowest BCUT2D eigenvalue weighted by Crippen LogP contribution is -2.44. The first-order chi connectivity index (χ1) is 8.84. The Balaban J connectivity index is 1.69. The second-order valence-electron chi connectivity index (χ2n) is 5.24. The van der Waals surface area contributed by atoms with E-state index in [-0.39, 0.29) is 6.04 Å². The number of hydrogen-bond acceptors (Lipinski definition) is 2. The molecule has 1 fully saturated rings. The third-order valence-electron chi connectivity index (χ3n) is 4.09. The number of carbonyl (C=O) groups excluding carboxylic acids is 1. The van der Waals surface area contributed by atoms with Crippen molar-refractivity contribution in [3.63, 3.8) is 0 Å². The van der Waals surface area contributed by atoms with Gasteiger partial charge in [-0.15, -0.1) is 0 Å². The number of fused-ring (bicyclic) bond motifs is 1. The fraction of sp³-hybridized carbons (Fsp3) is 0.533. The molecule has 2 heterocycles. The van der Waals surface area contributed by atoms with E-state index >= 15 is 0 Å². The molecule has 0 aliphatic carbocycles. The molecule has 0 spiro atoms. The third-order valence-corrected chi connectivity index (χ3v) is 4.09. The fourth-order valence-electron chi connectivity index (χ4n) is 3.00. The SMILES string of the molecule is O=C([C@@H]1CCCN1)N1CCc2ccccc2CC1. The van der Waals surface area contributed by atoms with Crippen molar-refractivity contribution in [3.8, 4) is 0 Å². The number of nitrogens with one attached hydrogen (secondary N) is 1. The summed E-state index contributed by atoms with van der Waals surface area (Å²) in [6.07, 6.45) is 4.12. The van der Waals surface area contributed by atoms with Crippen LogP contribution in [0.2, 0.25) is 0 Å². The van der Waals surface area contributed by atoms with Crippen molar-refractivity contribution in [1.82, 2.24) is 10.2 Å². The molecule has 0 bridgehead atoms. The lowest BCUT2D eigenvalue weighted by molar-refractivity contribution is -0.132. The van der Waals surface area contributed by atoms with Gasteiger partial charge in [-0.05, 0) is 43.4 Å². The smallest absolute Gasteiger partial charge is 0.239 e. The molecule has 1 N–H and O–H groups in total. The molecule has 0 unspecified atom stereocenters. The van der Waals surface area contributed by atoms with E-state index in [1.54, 1.807) is 0 Å². The molecular weight excluding hydrogens is 224 g/mol. The zero-order valence-corrected chi connectivity index (χ0v) is 10.7. The molecular formula is C15H20N2O. The average molecular weight is 244 g/mol. The first kappa shape index (κ1) is 11.7. The van der Waals surface area contributed by atoms with Crippen LogP contribution in [0.15, 0.2) is 24.3 Å². The number of nitrogens with zero attached hydrogens (tertiary/aromatic N) is 1. The van der Waals surface area contributed by atoms with Crippen molar-refractivity contribution >= 4 is 5.91 Å². The van der Waals surface area contributed by atoms with E-state index in [1.165, 1.54) is 11.1 Å². The molecule has 1 aromatic carbocycles. The van der Waals surface area contributed by atoms with E-state index in [1.807, 2.05) is 4.90 Å². The predicted octanol–water partition coefficient (Wildman–Crippen LogP) is 1.37. The molecule has 0 saturated carbocycles. The van der Waals surface area contributed by atoms with E-state index in [0.717, 1.165) is 45.3 Å². The highest BCUT2D eigenvalue weighted by atomic mass is 16.2. The Labute approximate surface area is 108 Å². The maximum absolute atomic E-state index is 12.4. The Morgan fingerprint density at radius 1 is 1.17 bits per heavy atom. The summed E-state index contributed by atoms with van der Waals surface area (Å²) in [4.78, 5) is 14.4. The number of carbonyl (C=O) groups is 1. The van der Waals surface area contributed by atoms with E-state index < -0.39 is 0 Å². The normalized spacial score (nSPS) is 23.6. The van der Waals surface area contributed by atoms with E-state index in [9.17, 15) is 4.79 Å². The summed E-state index contributed by atoms with van der Waals surface area (Å²) in [6, 6.07) is 8.64. The number of benzene rings is 1. The first-order valence-electron chi connectivity index (χ1n) is 6.93. The molecule has 0 aromatic heterocycles. The van der Waals surface area contributed by atoms with Gasteiger partial charge in [0.15, 0.2) is 0 Å². The summed E-state index contributed by atoms with van der Waals surface area (Å²) in [6.45, 7) is 2.73.